The fourth-order valence-electron chi connectivity index (χ4n) is 1.61. The van der Waals surface area contributed by atoms with Gasteiger partial charge in [-0.05, 0) is 24.3 Å². The van der Waals surface area contributed by atoms with Gasteiger partial charge in [-0.15, -0.1) is 0 Å². The quantitative estimate of drug-likeness (QED) is 0.824. The summed E-state index contributed by atoms with van der Waals surface area (Å²) in [6.07, 6.45) is 2.03. The van der Waals surface area contributed by atoms with Crippen molar-refractivity contribution in [1.29, 1.82) is 0 Å². The van der Waals surface area contributed by atoms with E-state index in [1.165, 1.54) is 10.9 Å². The Bertz CT molecular complexity index is 602. The molecule has 98 valence electrons. The van der Waals surface area contributed by atoms with Gasteiger partial charge < -0.3 is 9.84 Å². The molecule has 0 unspecified atom stereocenters. The first-order valence-electron chi connectivity index (χ1n) is 5.54. The summed E-state index contributed by atoms with van der Waals surface area (Å²) in [6, 6.07) is 6.56. The number of carboxylic acid groups (broad SMARTS) is 1. The van der Waals surface area contributed by atoms with Gasteiger partial charge in [0.15, 0.2) is 0 Å². The van der Waals surface area contributed by atoms with Gasteiger partial charge in [0, 0.05) is 12.6 Å². The molecule has 1 aromatic carbocycles. The van der Waals surface area contributed by atoms with Crippen molar-refractivity contribution in [2.75, 3.05) is 0 Å². The Hall–Kier alpha value is -2.63. The van der Waals surface area contributed by atoms with Crippen LogP contribution < -0.4 is 4.74 Å². The summed E-state index contributed by atoms with van der Waals surface area (Å²) < 4.78 is 6.94. The fraction of sp³-hybridized carbons (Fsp3) is 0.154. The molecule has 0 radical (unpaired) electrons. The molecule has 2 aromatic rings. The molecule has 19 heavy (non-hydrogen) atoms. The maximum absolute atomic E-state index is 11.0. The molecule has 1 aromatic heterocycles. The topological polar surface area (TPSA) is 81.4 Å². The summed E-state index contributed by atoms with van der Waals surface area (Å²) in [5.74, 6) is -0.480. The molecule has 0 spiro atoms. The number of hydrogen-bond acceptors (Lipinski definition) is 4. The molecule has 0 fully saturated rings. The van der Waals surface area contributed by atoms with Crippen LogP contribution in [0.15, 0.2) is 30.5 Å². The van der Waals surface area contributed by atoms with Crippen molar-refractivity contribution in [3.63, 3.8) is 0 Å². The minimum absolute atomic E-state index is 0.0958. The maximum Gasteiger partial charge on any atom is 0.339 e. The van der Waals surface area contributed by atoms with Crippen molar-refractivity contribution < 1.29 is 19.4 Å². The number of carbonyl (C=O) groups excluding carboxylic acids is 1. The molecule has 1 heterocycles. The standard InChI is InChI=1S/C13H12N2O4/c1-15-12(11(6-14-15)13(17)18)8-19-10-4-2-9(7-16)3-5-10/h2-7H,8H2,1H3,(H,17,18). The summed E-state index contributed by atoms with van der Waals surface area (Å²) in [5, 5.41) is 12.9. The molecule has 6 heteroatoms. The highest BCUT2D eigenvalue weighted by Gasteiger charge is 2.15. The van der Waals surface area contributed by atoms with Crippen LogP contribution in [0, 0.1) is 0 Å². The molecule has 2 rings (SSSR count). The van der Waals surface area contributed by atoms with Gasteiger partial charge in [-0.25, -0.2) is 4.79 Å². The van der Waals surface area contributed by atoms with Crippen molar-refractivity contribution in [2.45, 2.75) is 6.61 Å². The zero-order chi connectivity index (χ0) is 13.8. The molecule has 6 nitrogen and oxygen atoms in total. The molecule has 0 aliphatic rings. The summed E-state index contributed by atoms with van der Waals surface area (Å²) in [5.41, 5.74) is 1.15. The Kier molecular flexibility index (Phi) is 3.61. The zero-order valence-electron chi connectivity index (χ0n) is 10.2. The number of nitrogens with zero attached hydrogens (tertiary/aromatic N) is 2. The van der Waals surface area contributed by atoms with Crippen LogP contribution in [-0.4, -0.2) is 27.1 Å². The van der Waals surface area contributed by atoms with Crippen molar-refractivity contribution >= 4 is 12.3 Å². The third-order valence-electron chi connectivity index (χ3n) is 2.68. The molecule has 0 atom stereocenters. The van der Waals surface area contributed by atoms with Gasteiger partial charge in [0.2, 0.25) is 0 Å². The molecule has 0 saturated carbocycles. The molecule has 0 amide bonds. The lowest BCUT2D eigenvalue weighted by Gasteiger charge is -2.07. The second-order valence-electron chi connectivity index (χ2n) is 3.91. The van der Waals surface area contributed by atoms with E-state index in [1.54, 1.807) is 31.3 Å². The van der Waals surface area contributed by atoms with Gasteiger partial charge in [0.1, 0.15) is 24.2 Å². The summed E-state index contributed by atoms with van der Waals surface area (Å²) in [4.78, 5) is 21.5. The van der Waals surface area contributed by atoms with Gasteiger partial charge in [-0.2, -0.15) is 5.10 Å². The molecular weight excluding hydrogens is 248 g/mol. The first-order valence-corrected chi connectivity index (χ1v) is 5.54. The number of hydrogen-bond donors (Lipinski definition) is 1. The highest BCUT2D eigenvalue weighted by atomic mass is 16.5. The van der Waals surface area contributed by atoms with E-state index in [9.17, 15) is 9.59 Å². The number of benzene rings is 1. The van der Waals surface area contributed by atoms with E-state index >= 15 is 0 Å². The van der Waals surface area contributed by atoms with Crippen molar-refractivity contribution in [3.8, 4) is 5.75 Å². The first kappa shape index (κ1) is 12.8. The van der Waals surface area contributed by atoms with E-state index in [0.717, 1.165) is 6.29 Å². The third-order valence-corrected chi connectivity index (χ3v) is 2.68. The largest absolute Gasteiger partial charge is 0.487 e. The van der Waals surface area contributed by atoms with Crippen LogP contribution in [0.4, 0.5) is 0 Å². The minimum atomic E-state index is -1.04. The van der Waals surface area contributed by atoms with Crippen molar-refractivity contribution in [1.82, 2.24) is 9.78 Å². The van der Waals surface area contributed by atoms with Crippen LogP contribution in [0.3, 0.4) is 0 Å². The fourth-order valence-corrected chi connectivity index (χ4v) is 1.61. The van der Waals surface area contributed by atoms with Crippen LogP contribution >= 0.6 is 0 Å². The van der Waals surface area contributed by atoms with E-state index in [0.29, 0.717) is 17.0 Å². The number of carboxylic acids is 1. The first-order chi connectivity index (χ1) is 9.11. The van der Waals surface area contributed by atoms with Crippen LogP contribution in [0.1, 0.15) is 26.4 Å². The lowest BCUT2D eigenvalue weighted by molar-refractivity contribution is 0.0693. The van der Waals surface area contributed by atoms with Gasteiger partial charge >= 0.3 is 5.97 Å². The van der Waals surface area contributed by atoms with Crippen LogP contribution in [0.25, 0.3) is 0 Å². The Morgan fingerprint density at radius 3 is 2.68 bits per heavy atom. The Morgan fingerprint density at radius 2 is 2.11 bits per heavy atom. The number of aldehydes is 1. The van der Waals surface area contributed by atoms with Crippen molar-refractivity contribution in [2.24, 2.45) is 7.05 Å². The maximum atomic E-state index is 11.0. The molecule has 1 N–H and O–H groups in total. The molecule has 0 aliphatic heterocycles. The molecular formula is C13H12N2O4. The Balaban J connectivity index is 2.11. The lowest BCUT2D eigenvalue weighted by Crippen LogP contribution is -2.08. The monoisotopic (exact) mass is 260 g/mol. The highest BCUT2D eigenvalue weighted by Crippen LogP contribution is 2.15. The van der Waals surface area contributed by atoms with E-state index in [2.05, 4.69) is 5.10 Å². The molecule has 0 aliphatic carbocycles. The number of rotatable bonds is 5. The number of aryl methyl sites for hydroxylation is 1. The number of aromatic carboxylic acids is 1. The van der Waals surface area contributed by atoms with E-state index in [1.807, 2.05) is 0 Å². The van der Waals surface area contributed by atoms with E-state index in [4.69, 9.17) is 9.84 Å². The highest BCUT2D eigenvalue weighted by molar-refractivity contribution is 5.88. The second-order valence-corrected chi connectivity index (χ2v) is 3.91. The summed E-state index contributed by atoms with van der Waals surface area (Å²) >= 11 is 0. The van der Waals surface area contributed by atoms with Gasteiger partial charge in [0.25, 0.3) is 0 Å². The SMILES string of the molecule is Cn1ncc(C(=O)O)c1COc1ccc(C=O)cc1. The molecule has 0 bridgehead atoms. The average molecular weight is 260 g/mol. The Labute approximate surface area is 109 Å². The van der Waals surface area contributed by atoms with Crippen molar-refractivity contribution in [3.05, 3.63) is 47.3 Å². The third kappa shape index (κ3) is 2.79. The number of ether oxygens (including phenoxy) is 1. The van der Waals surface area contributed by atoms with Crippen LogP contribution in [-0.2, 0) is 13.7 Å². The predicted molar refractivity (Wildman–Crippen MR) is 66.3 cm³/mol. The van der Waals surface area contributed by atoms with E-state index in [-0.39, 0.29) is 12.2 Å². The minimum Gasteiger partial charge on any atom is -0.487 e. The summed E-state index contributed by atoms with van der Waals surface area (Å²) in [7, 11) is 1.65. The summed E-state index contributed by atoms with van der Waals surface area (Å²) in [6.45, 7) is 0.0958. The smallest absolute Gasteiger partial charge is 0.339 e. The second kappa shape index (κ2) is 5.34. The number of aromatic nitrogens is 2. The average Bonchev–Trinajstić information content (AvgIpc) is 2.78. The lowest BCUT2D eigenvalue weighted by atomic mass is 10.2. The Morgan fingerprint density at radius 1 is 1.42 bits per heavy atom. The van der Waals surface area contributed by atoms with Gasteiger partial charge in [-0.3, -0.25) is 9.48 Å². The van der Waals surface area contributed by atoms with E-state index < -0.39 is 5.97 Å². The predicted octanol–water partition coefficient (Wildman–Crippen LogP) is 1.51. The number of carbonyl (C=O) groups is 2. The van der Waals surface area contributed by atoms with Crippen LogP contribution in [0.2, 0.25) is 0 Å². The zero-order valence-corrected chi connectivity index (χ0v) is 10.2. The molecule has 0 saturated heterocycles. The van der Waals surface area contributed by atoms with Crippen LogP contribution in [0.5, 0.6) is 5.75 Å². The normalized spacial score (nSPS) is 10.2. The van der Waals surface area contributed by atoms with Gasteiger partial charge in [-0.1, -0.05) is 0 Å². The van der Waals surface area contributed by atoms with Gasteiger partial charge in [0.05, 0.1) is 11.9 Å².